The number of hydrogen-bond donors (Lipinski definition) is 0. The normalized spacial score (nSPS) is 10.6. The highest BCUT2D eigenvalue weighted by molar-refractivity contribution is 5.81. The van der Waals surface area contributed by atoms with Gasteiger partial charge in [-0.25, -0.2) is 14.1 Å². The number of nitro benzene ring substituents is 1. The van der Waals surface area contributed by atoms with Crippen molar-refractivity contribution in [2.75, 3.05) is 7.11 Å². The van der Waals surface area contributed by atoms with E-state index in [4.69, 9.17) is 4.74 Å². The van der Waals surface area contributed by atoms with Crippen LogP contribution in [0.4, 0.5) is 10.1 Å². The molecule has 3 aromatic rings. The predicted molar refractivity (Wildman–Crippen MR) is 91.3 cm³/mol. The van der Waals surface area contributed by atoms with Gasteiger partial charge in [0.05, 0.1) is 12.0 Å². The first-order valence-corrected chi connectivity index (χ1v) is 7.44. The van der Waals surface area contributed by atoms with E-state index in [2.05, 4.69) is 10.1 Å². The van der Waals surface area contributed by atoms with Crippen LogP contribution >= 0.6 is 0 Å². The lowest BCUT2D eigenvalue weighted by atomic mass is 10.00. The first kappa shape index (κ1) is 17.2. The van der Waals surface area contributed by atoms with Gasteiger partial charge in [-0.2, -0.15) is 5.10 Å². The summed E-state index contributed by atoms with van der Waals surface area (Å²) in [5.74, 6) is -0.391. The molecule has 3 rings (SSSR count). The lowest BCUT2D eigenvalue weighted by molar-refractivity contribution is -0.384. The maximum absolute atomic E-state index is 14.4. The highest BCUT2D eigenvalue weighted by Crippen LogP contribution is 2.33. The van der Waals surface area contributed by atoms with Gasteiger partial charge in [-0.1, -0.05) is 0 Å². The largest absolute Gasteiger partial charge is 0.481 e. The molecule has 2 heterocycles. The second-order valence-corrected chi connectivity index (χ2v) is 5.38. The monoisotopic (exact) mass is 356 g/mol. The van der Waals surface area contributed by atoms with E-state index in [1.54, 1.807) is 12.1 Å². The minimum absolute atomic E-state index is 0.0828. The van der Waals surface area contributed by atoms with Crippen molar-refractivity contribution in [3.05, 3.63) is 68.9 Å². The summed E-state index contributed by atoms with van der Waals surface area (Å²) in [4.78, 5) is 26.5. The predicted octanol–water partition coefficient (Wildman–Crippen LogP) is 2.57. The Morgan fingerprint density at radius 1 is 1.19 bits per heavy atom. The number of hydrogen-bond acceptors (Lipinski definition) is 6. The molecule has 9 heteroatoms. The van der Waals surface area contributed by atoms with Gasteiger partial charge in [-0.15, -0.1) is 0 Å². The maximum Gasteiger partial charge on any atom is 0.270 e. The van der Waals surface area contributed by atoms with Crippen LogP contribution in [-0.4, -0.2) is 26.8 Å². The second-order valence-electron chi connectivity index (χ2n) is 5.38. The van der Waals surface area contributed by atoms with Crippen molar-refractivity contribution in [3.8, 4) is 28.3 Å². The van der Waals surface area contributed by atoms with E-state index in [0.29, 0.717) is 17.0 Å². The number of methoxy groups -OCH3 is 1. The number of aryl methyl sites for hydroxylation is 1. The smallest absolute Gasteiger partial charge is 0.270 e. The third-order valence-electron chi connectivity index (χ3n) is 3.76. The first-order valence-electron chi connectivity index (χ1n) is 7.44. The van der Waals surface area contributed by atoms with E-state index >= 15 is 0 Å². The van der Waals surface area contributed by atoms with Gasteiger partial charge in [0.1, 0.15) is 11.5 Å². The summed E-state index contributed by atoms with van der Waals surface area (Å²) in [5.41, 5.74) is 0.152. The number of nitro groups is 1. The Kier molecular flexibility index (Phi) is 4.44. The minimum atomic E-state index is -0.691. The molecular formula is C17H13FN4O4. The number of halogens is 1. The molecule has 0 unspecified atom stereocenters. The third-order valence-corrected chi connectivity index (χ3v) is 3.76. The van der Waals surface area contributed by atoms with E-state index in [9.17, 15) is 19.3 Å². The first-order chi connectivity index (χ1) is 12.4. The third kappa shape index (κ3) is 3.14. The molecule has 0 saturated heterocycles. The van der Waals surface area contributed by atoms with E-state index in [1.165, 1.54) is 26.4 Å². The number of benzene rings is 1. The van der Waals surface area contributed by atoms with E-state index in [1.807, 2.05) is 0 Å². The fourth-order valence-corrected chi connectivity index (χ4v) is 2.45. The summed E-state index contributed by atoms with van der Waals surface area (Å²) < 4.78 is 20.5. The highest BCUT2D eigenvalue weighted by atomic mass is 19.1. The zero-order valence-electron chi connectivity index (χ0n) is 13.8. The van der Waals surface area contributed by atoms with Gasteiger partial charge < -0.3 is 4.74 Å². The van der Waals surface area contributed by atoms with Crippen molar-refractivity contribution in [1.29, 1.82) is 0 Å². The molecule has 0 aliphatic heterocycles. The SMILES string of the molecule is COc1cc(-c2cc(=O)n(C)nc2-c2cc([N+](=O)[O-])ccc2F)ccn1. The number of non-ortho nitro benzene ring substituents is 1. The lowest BCUT2D eigenvalue weighted by Crippen LogP contribution is -2.20. The molecule has 0 amide bonds. The fraction of sp³-hybridized carbons (Fsp3) is 0.118. The molecule has 8 nitrogen and oxygen atoms in total. The van der Waals surface area contributed by atoms with Crippen molar-refractivity contribution in [2.45, 2.75) is 0 Å². The van der Waals surface area contributed by atoms with Crippen LogP contribution in [0.5, 0.6) is 5.88 Å². The Hall–Kier alpha value is -3.62. The summed E-state index contributed by atoms with van der Waals surface area (Å²) in [6.45, 7) is 0. The molecule has 0 N–H and O–H groups in total. The van der Waals surface area contributed by atoms with Crippen LogP contribution < -0.4 is 10.3 Å². The summed E-state index contributed by atoms with van der Waals surface area (Å²) in [6.07, 6.45) is 1.47. The molecule has 1 aromatic carbocycles. The molecule has 26 heavy (non-hydrogen) atoms. The van der Waals surface area contributed by atoms with Crippen LogP contribution in [0.15, 0.2) is 47.4 Å². The molecule has 0 atom stereocenters. The number of rotatable bonds is 4. The van der Waals surface area contributed by atoms with Crippen molar-refractivity contribution < 1.29 is 14.1 Å². The number of pyridine rings is 1. The molecule has 0 aliphatic rings. The summed E-state index contributed by atoms with van der Waals surface area (Å²) in [6, 6.07) is 7.61. The molecule has 132 valence electrons. The van der Waals surface area contributed by atoms with Crippen LogP contribution in [0.3, 0.4) is 0 Å². The molecular weight excluding hydrogens is 343 g/mol. The number of nitrogens with zero attached hydrogens (tertiary/aromatic N) is 4. The van der Waals surface area contributed by atoms with Gasteiger partial charge in [0.25, 0.3) is 11.2 Å². The number of ether oxygens (including phenoxy) is 1. The summed E-state index contributed by atoms with van der Waals surface area (Å²) in [7, 11) is 2.85. The van der Waals surface area contributed by atoms with Crippen molar-refractivity contribution in [2.24, 2.45) is 7.05 Å². The van der Waals surface area contributed by atoms with Gasteiger partial charge in [0.15, 0.2) is 0 Å². The summed E-state index contributed by atoms with van der Waals surface area (Å²) >= 11 is 0. The maximum atomic E-state index is 14.4. The lowest BCUT2D eigenvalue weighted by Gasteiger charge is -2.11. The van der Waals surface area contributed by atoms with Crippen molar-refractivity contribution in [3.63, 3.8) is 0 Å². The van der Waals surface area contributed by atoms with Crippen LogP contribution in [0.25, 0.3) is 22.4 Å². The average molecular weight is 356 g/mol. The number of aromatic nitrogens is 3. The Balaban J connectivity index is 2.31. The van der Waals surface area contributed by atoms with Gasteiger partial charge >= 0.3 is 0 Å². The zero-order chi connectivity index (χ0) is 18.8. The Labute approximate surface area is 146 Å². The zero-order valence-corrected chi connectivity index (χ0v) is 13.8. The van der Waals surface area contributed by atoms with Crippen LogP contribution in [0.1, 0.15) is 0 Å². The van der Waals surface area contributed by atoms with Gasteiger partial charge in [0.2, 0.25) is 5.88 Å². The molecule has 0 aliphatic carbocycles. The Bertz CT molecular complexity index is 1060. The van der Waals surface area contributed by atoms with Crippen LogP contribution in [0, 0.1) is 15.9 Å². The quantitative estimate of drug-likeness (QED) is 0.526. The van der Waals surface area contributed by atoms with Crippen LogP contribution in [-0.2, 0) is 7.05 Å². The molecule has 0 saturated carbocycles. The van der Waals surface area contributed by atoms with Gasteiger partial charge in [0, 0.05) is 48.6 Å². The van der Waals surface area contributed by atoms with E-state index < -0.39 is 16.3 Å². The van der Waals surface area contributed by atoms with Crippen molar-refractivity contribution in [1.82, 2.24) is 14.8 Å². The standard InChI is InChI=1S/C17H13FN4O4/c1-21-16(23)9-12(10-5-6-19-15(7-10)26-2)17(20-21)13-8-11(22(24)25)3-4-14(13)18/h3-9H,1-2H3. The summed E-state index contributed by atoms with van der Waals surface area (Å²) in [5, 5.41) is 15.2. The van der Waals surface area contributed by atoms with Crippen molar-refractivity contribution >= 4 is 5.69 Å². The average Bonchev–Trinajstić information content (AvgIpc) is 2.64. The molecule has 0 bridgehead atoms. The second kappa shape index (κ2) is 6.71. The topological polar surface area (TPSA) is 100 Å². The Morgan fingerprint density at radius 2 is 1.96 bits per heavy atom. The molecule has 2 aromatic heterocycles. The Morgan fingerprint density at radius 3 is 2.65 bits per heavy atom. The van der Waals surface area contributed by atoms with Gasteiger partial charge in [-0.05, 0) is 17.7 Å². The fourth-order valence-electron chi connectivity index (χ4n) is 2.45. The minimum Gasteiger partial charge on any atom is -0.481 e. The van der Waals surface area contributed by atoms with Gasteiger partial charge in [-0.3, -0.25) is 14.9 Å². The highest BCUT2D eigenvalue weighted by Gasteiger charge is 2.19. The molecule has 0 spiro atoms. The van der Waals surface area contributed by atoms with E-state index in [0.717, 1.165) is 22.9 Å². The molecule has 0 fully saturated rings. The van der Waals surface area contributed by atoms with Crippen LogP contribution in [0.2, 0.25) is 0 Å². The molecule has 0 radical (unpaired) electrons. The van der Waals surface area contributed by atoms with E-state index in [-0.39, 0.29) is 16.9 Å².